The first-order chi connectivity index (χ1) is 20.5. The molecule has 4 aromatic carbocycles. The summed E-state index contributed by atoms with van der Waals surface area (Å²) in [7, 11) is 0. The average molecular weight is 576 g/mol. The number of carbonyl (C=O) groups is 2. The van der Waals surface area contributed by atoms with Gasteiger partial charge in [-0.3, -0.25) is 9.59 Å². The molecule has 1 heterocycles. The number of amides is 2. The molecule has 0 saturated heterocycles. The Balaban J connectivity index is 1.48. The van der Waals surface area contributed by atoms with Gasteiger partial charge in [-0.2, -0.15) is 0 Å². The van der Waals surface area contributed by atoms with E-state index in [1.165, 1.54) is 0 Å². The highest BCUT2D eigenvalue weighted by Gasteiger charge is 2.29. The smallest absolute Gasteiger partial charge is 0.258 e. The molecule has 0 aliphatic carbocycles. The predicted molar refractivity (Wildman–Crippen MR) is 175 cm³/mol. The van der Waals surface area contributed by atoms with Crippen molar-refractivity contribution in [3.05, 3.63) is 125 Å². The Bertz CT molecular complexity index is 1620. The van der Waals surface area contributed by atoms with Crippen molar-refractivity contribution in [2.24, 2.45) is 0 Å². The average Bonchev–Trinajstić information content (AvgIpc) is 3.35. The second-order valence-electron chi connectivity index (χ2n) is 9.86. The molecule has 42 heavy (non-hydrogen) atoms. The largest absolute Gasteiger partial charge is 0.363 e. The number of nitrogens with one attached hydrogen (secondary N) is 5. The number of anilines is 3. The molecule has 0 fully saturated rings. The minimum absolute atomic E-state index is 0.118. The normalized spacial score (nSPS) is 13.8. The van der Waals surface area contributed by atoms with Crippen LogP contribution in [-0.2, 0) is 4.79 Å². The molecule has 7 nitrogen and oxygen atoms in total. The fourth-order valence-electron chi connectivity index (χ4n) is 4.91. The molecule has 0 saturated carbocycles. The molecule has 5 N–H and O–H groups in total. The zero-order valence-electron chi connectivity index (χ0n) is 23.5. The number of hydrogen-bond acceptors (Lipinski definition) is 4. The van der Waals surface area contributed by atoms with E-state index in [9.17, 15) is 9.59 Å². The van der Waals surface area contributed by atoms with Gasteiger partial charge in [0, 0.05) is 34.7 Å². The molecule has 2 amide bonds. The Morgan fingerprint density at radius 1 is 0.810 bits per heavy atom. The van der Waals surface area contributed by atoms with Gasteiger partial charge in [0.05, 0.1) is 17.3 Å². The van der Waals surface area contributed by atoms with Crippen LogP contribution >= 0.6 is 12.2 Å². The second kappa shape index (κ2) is 13.1. The lowest BCUT2D eigenvalue weighted by Gasteiger charge is -2.18. The van der Waals surface area contributed by atoms with Gasteiger partial charge in [0.1, 0.15) is 0 Å². The van der Waals surface area contributed by atoms with Gasteiger partial charge in [-0.1, -0.05) is 67.6 Å². The fraction of sp³-hybridized carbons (Fsp3) is 0.147. The summed E-state index contributed by atoms with van der Waals surface area (Å²) in [5.41, 5.74) is 6.46. The fourth-order valence-corrected chi connectivity index (χ4v) is 5.17. The highest BCUT2D eigenvalue weighted by Crippen LogP contribution is 2.38. The maximum absolute atomic E-state index is 13.4. The third kappa shape index (κ3) is 6.50. The SMILES string of the molecule is CCNC(=S)Nc1ccc(NC(=C2C(=O)Nc3ccc(C(=O)N[C@@H](CC)c4ccccc4)cc32)c2ccccc2)cc1. The first-order valence-electron chi connectivity index (χ1n) is 14.0. The highest BCUT2D eigenvalue weighted by molar-refractivity contribution is 7.80. The van der Waals surface area contributed by atoms with Crippen LogP contribution in [0.4, 0.5) is 17.1 Å². The molecule has 0 unspecified atom stereocenters. The topological polar surface area (TPSA) is 94.3 Å². The summed E-state index contributed by atoms with van der Waals surface area (Å²) in [4.78, 5) is 26.8. The van der Waals surface area contributed by atoms with Crippen LogP contribution in [0.3, 0.4) is 0 Å². The minimum Gasteiger partial charge on any atom is -0.363 e. The Morgan fingerprint density at radius 3 is 2.10 bits per heavy atom. The van der Waals surface area contributed by atoms with Crippen molar-refractivity contribution < 1.29 is 9.59 Å². The summed E-state index contributed by atoms with van der Waals surface area (Å²) in [6.45, 7) is 4.76. The Morgan fingerprint density at radius 2 is 1.45 bits per heavy atom. The zero-order chi connectivity index (χ0) is 29.5. The van der Waals surface area contributed by atoms with Gasteiger partial charge >= 0.3 is 0 Å². The minimum atomic E-state index is -0.237. The first kappa shape index (κ1) is 28.6. The van der Waals surface area contributed by atoms with Gasteiger partial charge in [0.25, 0.3) is 11.8 Å². The van der Waals surface area contributed by atoms with Gasteiger partial charge in [-0.05, 0) is 79.2 Å². The molecule has 8 heteroatoms. The van der Waals surface area contributed by atoms with Crippen molar-refractivity contribution in [2.45, 2.75) is 26.3 Å². The lowest BCUT2D eigenvalue weighted by Crippen LogP contribution is -2.28. The van der Waals surface area contributed by atoms with Crippen molar-refractivity contribution in [1.29, 1.82) is 0 Å². The van der Waals surface area contributed by atoms with Gasteiger partial charge < -0.3 is 26.6 Å². The molecule has 0 radical (unpaired) electrons. The summed E-state index contributed by atoms with van der Waals surface area (Å²) in [5.74, 6) is -0.432. The van der Waals surface area contributed by atoms with Crippen LogP contribution in [0.1, 0.15) is 53.4 Å². The van der Waals surface area contributed by atoms with Gasteiger partial charge in [0.2, 0.25) is 0 Å². The molecule has 212 valence electrons. The quantitative estimate of drug-likeness (QED) is 0.111. The number of benzene rings is 4. The maximum atomic E-state index is 13.4. The number of carbonyl (C=O) groups excluding carboxylic acids is 2. The van der Waals surface area contributed by atoms with E-state index in [-0.39, 0.29) is 17.9 Å². The van der Waals surface area contributed by atoms with Crippen LogP contribution in [0.25, 0.3) is 11.3 Å². The number of rotatable bonds is 9. The second-order valence-corrected chi connectivity index (χ2v) is 10.3. The maximum Gasteiger partial charge on any atom is 0.258 e. The van der Waals surface area contributed by atoms with Crippen molar-refractivity contribution in [3.63, 3.8) is 0 Å². The predicted octanol–water partition coefficient (Wildman–Crippen LogP) is 6.81. The van der Waals surface area contributed by atoms with Crippen LogP contribution in [0.5, 0.6) is 0 Å². The summed E-state index contributed by atoms with van der Waals surface area (Å²) in [5, 5.41) is 16.4. The van der Waals surface area contributed by atoms with E-state index < -0.39 is 0 Å². The molecule has 1 aliphatic rings. The monoisotopic (exact) mass is 575 g/mol. The van der Waals surface area contributed by atoms with E-state index in [0.717, 1.165) is 35.5 Å². The van der Waals surface area contributed by atoms with Gasteiger partial charge in [-0.25, -0.2) is 0 Å². The van der Waals surface area contributed by atoms with Crippen LogP contribution in [-0.4, -0.2) is 23.5 Å². The van der Waals surface area contributed by atoms with Crippen LogP contribution < -0.4 is 26.6 Å². The van der Waals surface area contributed by atoms with Gasteiger partial charge in [-0.15, -0.1) is 0 Å². The number of thiocarbonyl (C=S) groups is 1. The highest BCUT2D eigenvalue weighted by atomic mass is 32.1. The van der Waals surface area contributed by atoms with E-state index >= 15 is 0 Å². The first-order valence-corrected chi connectivity index (χ1v) is 14.4. The van der Waals surface area contributed by atoms with Crippen LogP contribution in [0, 0.1) is 0 Å². The van der Waals surface area contributed by atoms with E-state index in [4.69, 9.17) is 12.2 Å². The molecule has 0 aromatic heterocycles. The molecule has 1 aliphatic heterocycles. The Hall–Kier alpha value is -4.95. The van der Waals surface area contributed by atoms with E-state index in [1.54, 1.807) is 18.2 Å². The van der Waals surface area contributed by atoms with Crippen molar-refractivity contribution in [1.82, 2.24) is 10.6 Å². The molecular formula is C34H33N5O2S. The van der Waals surface area contributed by atoms with E-state index in [0.29, 0.717) is 33.2 Å². The molecule has 0 spiro atoms. The van der Waals surface area contributed by atoms with Crippen molar-refractivity contribution in [2.75, 3.05) is 22.5 Å². The standard InChI is InChI=1S/C34H33N5O2S/c1-3-28(22-11-7-5-8-12-22)38-32(40)24-15-20-29-27(21-24)30(33(41)39-29)31(23-13-9-6-10-14-23)36-25-16-18-26(19-17-25)37-34(42)35-4-2/h5-21,28,36H,3-4H2,1-2H3,(H,38,40)(H,39,41)(H2,35,37,42)/t28-/m0/s1. The molecule has 4 aromatic rings. The lowest BCUT2D eigenvalue weighted by molar-refractivity contribution is -0.110. The van der Waals surface area contributed by atoms with Crippen molar-refractivity contribution in [3.8, 4) is 0 Å². The number of hydrogen-bond donors (Lipinski definition) is 5. The molecule has 0 bridgehead atoms. The van der Waals surface area contributed by atoms with Crippen molar-refractivity contribution >= 4 is 57.5 Å². The lowest BCUT2D eigenvalue weighted by atomic mass is 9.98. The summed E-state index contributed by atoms with van der Waals surface area (Å²) >= 11 is 5.29. The molecule has 5 rings (SSSR count). The van der Waals surface area contributed by atoms with E-state index in [1.807, 2.05) is 98.8 Å². The van der Waals surface area contributed by atoms with E-state index in [2.05, 4.69) is 26.6 Å². The Labute approximate surface area is 251 Å². The number of fused-ring (bicyclic) bond motifs is 1. The van der Waals surface area contributed by atoms with Crippen LogP contribution in [0.15, 0.2) is 103 Å². The third-order valence-corrected chi connectivity index (χ3v) is 7.25. The van der Waals surface area contributed by atoms with Gasteiger partial charge in [0.15, 0.2) is 5.11 Å². The van der Waals surface area contributed by atoms with Crippen LogP contribution in [0.2, 0.25) is 0 Å². The summed E-state index contributed by atoms with van der Waals surface area (Å²) in [6.07, 6.45) is 0.753. The third-order valence-electron chi connectivity index (χ3n) is 7.00. The zero-order valence-corrected chi connectivity index (χ0v) is 24.3. The summed E-state index contributed by atoms with van der Waals surface area (Å²) < 4.78 is 0. The summed E-state index contributed by atoms with van der Waals surface area (Å²) in [6, 6.07) is 32.5. The molecule has 1 atom stereocenters. The molecular weight excluding hydrogens is 542 g/mol. The Kier molecular flexibility index (Phi) is 8.94.